The van der Waals surface area contributed by atoms with Gasteiger partial charge in [-0.15, -0.1) is 11.6 Å². The topological polar surface area (TPSA) is 41.6 Å². The van der Waals surface area contributed by atoms with Crippen molar-refractivity contribution in [3.8, 4) is 6.07 Å². The number of hydrogen-bond donors (Lipinski definition) is 0. The summed E-state index contributed by atoms with van der Waals surface area (Å²) in [4.78, 5) is 4.63. The molecule has 0 atom stereocenters. The van der Waals surface area contributed by atoms with Gasteiger partial charge in [0.05, 0.1) is 22.7 Å². The van der Waals surface area contributed by atoms with Crippen molar-refractivity contribution < 1.29 is 0 Å². The highest BCUT2D eigenvalue weighted by Gasteiger charge is 2.10. The SMILES string of the molecule is CCCCCn1c(CCCl)nc2ccc(C#N)cc21. The van der Waals surface area contributed by atoms with E-state index in [1.807, 2.05) is 18.2 Å². The zero-order valence-electron chi connectivity index (χ0n) is 11.2. The van der Waals surface area contributed by atoms with Gasteiger partial charge in [-0.3, -0.25) is 0 Å². The second-order valence-corrected chi connectivity index (χ2v) is 5.02. The van der Waals surface area contributed by atoms with Crippen LogP contribution in [0.2, 0.25) is 0 Å². The average Bonchev–Trinajstić information content (AvgIpc) is 2.77. The Kier molecular flexibility index (Phi) is 4.81. The Morgan fingerprint density at radius 3 is 2.89 bits per heavy atom. The van der Waals surface area contributed by atoms with Gasteiger partial charge in [-0.2, -0.15) is 5.26 Å². The summed E-state index contributed by atoms with van der Waals surface area (Å²) in [5.41, 5.74) is 2.69. The average molecular weight is 276 g/mol. The number of benzene rings is 1. The van der Waals surface area contributed by atoms with Gasteiger partial charge in [-0.1, -0.05) is 19.8 Å². The normalized spacial score (nSPS) is 10.8. The standard InChI is InChI=1S/C15H18ClN3/c1-2-3-4-9-19-14-10-12(11-17)5-6-13(14)18-15(19)7-8-16/h5-6,10H,2-4,7-9H2,1H3. The molecule has 3 nitrogen and oxygen atoms in total. The van der Waals surface area contributed by atoms with E-state index in [9.17, 15) is 0 Å². The van der Waals surface area contributed by atoms with Crippen molar-refractivity contribution in [1.82, 2.24) is 9.55 Å². The van der Waals surface area contributed by atoms with Crippen molar-refractivity contribution in [1.29, 1.82) is 5.26 Å². The number of halogens is 1. The van der Waals surface area contributed by atoms with Crippen molar-refractivity contribution in [2.24, 2.45) is 0 Å². The number of aromatic nitrogens is 2. The largest absolute Gasteiger partial charge is 0.328 e. The lowest BCUT2D eigenvalue weighted by atomic mass is 10.2. The third-order valence-corrected chi connectivity index (χ3v) is 3.45. The second-order valence-electron chi connectivity index (χ2n) is 4.64. The molecule has 0 N–H and O–H groups in total. The van der Waals surface area contributed by atoms with E-state index in [-0.39, 0.29) is 0 Å². The van der Waals surface area contributed by atoms with Crippen LogP contribution in [0.15, 0.2) is 18.2 Å². The molecule has 0 fully saturated rings. The molecule has 0 spiro atoms. The third-order valence-electron chi connectivity index (χ3n) is 3.26. The maximum atomic E-state index is 9.01. The van der Waals surface area contributed by atoms with Crippen LogP contribution in [-0.2, 0) is 13.0 Å². The number of hydrogen-bond acceptors (Lipinski definition) is 2. The van der Waals surface area contributed by atoms with E-state index in [0.29, 0.717) is 11.4 Å². The highest BCUT2D eigenvalue weighted by Crippen LogP contribution is 2.19. The molecule has 4 heteroatoms. The fourth-order valence-corrected chi connectivity index (χ4v) is 2.46. The predicted octanol–water partition coefficient (Wildman–Crippen LogP) is 3.88. The first-order valence-corrected chi connectivity index (χ1v) is 7.28. The number of fused-ring (bicyclic) bond motifs is 1. The summed E-state index contributed by atoms with van der Waals surface area (Å²) in [6.07, 6.45) is 4.30. The summed E-state index contributed by atoms with van der Waals surface area (Å²) in [6, 6.07) is 7.84. The van der Waals surface area contributed by atoms with Crippen LogP contribution in [0, 0.1) is 11.3 Å². The lowest BCUT2D eigenvalue weighted by Gasteiger charge is -2.08. The molecule has 100 valence electrons. The molecule has 1 aromatic carbocycles. The van der Waals surface area contributed by atoms with Crippen LogP contribution in [0.1, 0.15) is 37.6 Å². The molecule has 0 aliphatic rings. The number of nitrogens with zero attached hydrogens (tertiary/aromatic N) is 3. The van der Waals surface area contributed by atoms with E-state index >= 15 is 0 Å². The predicted molar refractivity (Wildman–Crippen MR) is 78.4 cm³/mol. The van der Waals surface area contributed by atoms with Crippen LogP contribution in [0.3, 0.4) is 0 Å². The molecular weight excluding hydrogens is 258 g/mol. The van der Waals surface area contributed by atoms with Crippen LogP contribution in [0.4, 0.5) is 0 Å². The zero-order chi connectivity index (χ0) is 13.7. The van der Waals surface area contributed by atoms with E-state index in [1.54, 1.807) is 0 Å². The molecule has 0 radical (unpaired) electrons. The van der Waals surface area contributed by atoms with Crippen molar-refractivity contribution >= 4 is 22.6 Å². The fourth-order valence-electron chi connectivity index (χ4n) is 2.29. The summed E-state index contributed by atoms with van der Waals surface area (Å²) >= 11 is 5.85. The number of imidazole rings is 1. The first kappa shape index (κ1) is 13.9. The smallest absolute Gasteiger partial charge is 0.111 e. The molecule has 1 heterocycles. The molecule has 0 saturated heterocycles. The molecular formula is C15H18ClN3. The van der Waals surface area contributed by atoms with E-state index in [2.05, 4.69) is 22.5 Å². The van der Waals surface area contributed by atoms with E-state index in [1.165, 1.54) is 12.8 Å². The third kappa shape index (κ3) is 3.08. The van der Waals surface area contributed by atoms with Crippen LogP contribution in [-0.4, -0.2) is 15.4 Å². The van der Waals surface area contributed by atoms with E-state index in [4.69, 9.17) is 16.9 Å². The van der Waals surface area contributed by atoms with Crippen LogP contribution in [0.25, 0.3) is 11.0 Å². The van der Waals surface area contributed by atoms with Gasteiger partial charge < -0.3 is 4.57 Å². The van der Waals surface area contributed by atoms with Gasteiger partial charge in [0.2, 0.25) is 0 Å². The lowest BCUT2D eigenvalue weighted by molar-refractivity contribution is 0.594. The summed E-state index contributed by atoms with van der Waals surface area (Å²) < 4.78 is 2.22. The Hall–Kier alpha value is -1.53. The number of alkyl halides is 1. The maximum Gasteiger partial charge on any atom is 0.111 e. The van der Waals surface area contributed by atoms with Gasteiger partial charge in [-0.25, -0.2) is 4.98 Å². The number of aryl methyl sites for hydroxylation is 2. The Bertz CT molecular complexity index is 595. The molecule has 1 aromatic heterocycles. The molecule has 19 heavy (non-hydrogen) atoms. The number of nitriles is 1. The van der Waals surface area contributed by atoms with E-state index < -0.39 is 0 Å². The van der Waals surface area contributed by atoms with Crippen molar-refractivity contribution in [2.75, 3.05) is 5.88 Å². The molecule has 0 amide bonds. The van der Waals surface area contributed by atoms with Crippen molar-refractivity contribution in [3.63, 3.8) is 0 Å². The Morgan fingerprint density at radius 1 is 1.37 bits per heavy atom. The van der Waals surface area contributed by atoms with Crippen LogP contribution in [0.5, 0.6) is 0 Å². The fraction of sp³-hybridized carbons (Fsp3) is 0.467. The summed E-state index contributed by atoms with van der Waals surface area (Å²) in [6.45, 7) is 3.14. The van der Waals surface area contributed by atoms with Gasteiger partial charge in [0, 0.05) is 18.8 Å². The minimum atomic E-state index is 0.572. The molecule has 0 aliphatic heterocycles. The molecule has 2 rings (SSSR count). The zero-order valence-corrected chi connectivity index (χ0v) is 12.0. The Morgan fingerprint density at radius 2 is 2.21 bits per heavy atom. The maximum absolute atomic E-state index is 9.01. The van der Waals surface area contributed by atoms with Gasteiger partial charge in [0.1, 0.15) is 5.82 Å². The lowest BCUT2D eigenvalue weighted by Crippen LogP contribution is -2.05. The number of rotatable bonds is 6. The summed E-state index contributed by atoms with van der Waals surface area (Å²) in [5, 5.41) is 9.01. The first-order valence-electron chi connectivity index (χ1n) is 6.75. The second kappa shape index (κ2) is 6.58. The van der Waals surface area contributed by atoms with Gasteiger partial charge in [0.15, 0.2) is 0 Å². The monoisotopic (exact) mass is 275 g/mol. The molecule has 0 aliphatic carbocycles. The van der Waals surface area contributed by atoms with Gasteiger partial charge >= 0.3 is 0 Å². The van der Waals surface area contributed by atoms with Crippen molar-refractivity contribution in [2.45, 2.75) is 39.2 Å². The quantitative estimate of drug-likeness (QED) is 0.593. The summed E-state index contributed by atoms with van der Waals surface area (Å²) in [7, 11) is 0. The summed E-state index contributed by atoms with van der Waals surface area (Å²) in [5.74, 6) is 1.60. The minimum absolute atomic E-state index is 0.572. The van der Waals surface area contributed by atoms with Gasteiger partial charge in [-0.05, 0) is 24.6 Å². The van der Waals surface area contributed by atoms with Crippen molar-refractivity contribution in [3.05, 3.63) is 29.6 Å². The minimum Gasteiger partial charge on any atom is -0.328 e. The Balaban J connectivity index is 2.41. The highest BCUT2D eigenvalue weighted by atomic mass is 35.5. The molecule has 2 aromatic rings. The molecule has 0 bridgehead atoms. The van der Waals surface area contributed by atoms with Crippen LogP contribution < -0.4 is 0 Å². The Labute approximate surface area is 118 Å². The highest BCUT2D eigenvalue weighted by molar-refractivity contribution is 6.17. The van der Waals surface area contributed by atoms with Crippen LogP contribution >= 0.6 is 11.6 Å². The van der Waals surface area contributed by atoms with Gasteiger partial charge in [0.25, 0.3) is 0 Å². The molecule has 0 unspecified atom stereocenters. The number of unbranched alkanes of at least 4 members (excludes halogenated alkanes) is 2. The van der Waals surface area contributed by atoms with E-state index in [0.717, 1.165) is 36.2 Å². The first-order chi connectivity index (χ1) is 9.30. The molecule has 0 saturated carbocycles.